The van der Waals surface area contributed by atoms with Crippen LogP contribution in [0.2, 0.25) is 0 Å². The third kappa shape index (κ3) is 3.34. The minimum absolute atomic E-state index is 0.0930. The van der Waals surface area contributed by atoms with Crippen LogP contribution in [-0.2, 0) is 12.0 Å². The summed E-state index contributed by atoms with van der Waals surface area (Å²) in [4.78, 5) is 0. The number of aromatic hydroxyl groups is 1. The highest BCUT2D eigenvalue weighted by atomic mass is 16.3. The van der Waals surface area contributed by atoms with Crippen molar-refractivity contribution in [2.45, 2.75) is 18.4 Å². The van der Waals surface area contributed by atoms with E-state index in [-0.39, 0.29) is 18.8 Å². The molecule has 2 aromatic carbocycles. The molecule has 100 valence electrons. The molecule has 0 amide bonds. The van der Waals surface area contributed by atoms with E-state index >= 15 is 0 Å². The smallest absolute Gasteiger partial charge is 0.115 e. The normalized spacial score (nSPS) is 14.0. The molecule has 0 saturated carbocycles. The lowest BCUT2D eigenvalue weighted by molar-refractivity contribution is 0.0117. The molecule has 0 aliphatic rings. The number of benzene rings is 2. The van der Waals surface area contributed by atoms with Crippen molar-refractivity contribution in [3.8, 4) is 5.75 Å². The van der Waals surface area contributed by atoms with Crippen LogP contribution in [-0.4, -0.2) is 21.9 Å². The van der Waals surface area contributed by atoms with E-state index in [1.807, 2.05) is 30.3 Å². The zero-order chi connectivity index (χ0) is 13.7. The van der Waals surface area contributed by atoms with Crippen molar-refractivity contribution < 1.29 is 15.3 Å². The second kappa shape index (κ2) is 5.87. The first-order chi connectivity index (χ1) is 9.14. The van der Waals surface area contributed by atoms with Gasteiger partial charge < -0.3 is 15.3 Å². The maximum absolute atomic E-state index is 10.8. The van der Waals surface area contributed by atoms with Crippen LogP contribution in [0.5, 0.6) is 5.75 Å². The number of hydrogen-bond acceptors (Lipinski definition) is 3. The Hall–Kier alpha value is -1.84. The largest absolute Gasteiger partial charge is 0.508 e. The van der Waals surface area contributed by atoms with Crippen LogP contribution in [0.1, 0.15) is 17.5 Å². The Labute approximate surface area is 112 Å². The molecule has 0 aromatic heterocycles. The van der Waals surface area contributed by atoms with Crippen molar-refractivity contribution >= 4 is 0 Å². The minimum Gasteiger partial charge on any atom is -0.508 e. The van der Waals surface area contributed by atoms with Crippen molar-refractivity contribution in [2.75, 3.05) is 6.61 Å². The highest BCUT2D eigenvalue weighted by Crippen LogP contribution is 2.30. The zero-order valence-corrected chi connectivity index (χ0v) is 10.7. The molecule has 19 heavy (non-hydrogen) atoms. The summed E-state index contributed by atoms with van der Waals surface area (Å²) in [5.74, 6) is 0.162. The number of hydrogen-bond donors (Lipinski definition) is 3. The minimum atomic E-state index is -1.12. The number of phenolic OH excluding ortho intramolecular Hbond substituents is 1. The van der Waals surface area contributed by atoms with Gasteiger partial charge in [0, 0.05) is 19.4 Å². The van der Waals surface area contributed by atoms with E-state index in [1.165, 1.54) is 0 Å². The molecule has 3 nitrogen and oxygen atoms in total. The van der Waals surface area contributed by atoms with E-state index in [0.717, 1.165) is 5.56 Å². The predicted molar refractivity (Wildman–Crippen MR) is 73.9 cm³/mol. The molecule has 2 aromatic rings. The molecule has 0 saturated heterocycles. The maximum atomic E-state index is 10.8. The van der Waals surface area contributed by atoms with Gasteiger partial charge in [-0.05, 0) is 23.3 Å². The van der Waals surface area contributed by atoms with Gasteiger partial charge in [0.05, 0.1) is 5.60 Å². The van der Waals surface area contributed by atoms with E-state index in [2.05, 4.69) is 0 Å². The van der Waals surface area contributed by atoms with E-state index in [0.29, 0.717) is 12.0 Å². The maximum Gasteiger partial charge on any atom is 0.115 e. The van der Waals surface area contributed by atoms with Crippen molar-refractivity contribution in [3.63, 3.8) is 0 Å². The zero-order valence-electron chi connectivity index (χ0n) is 10.7. The van der Waals surface area contributed by atoms with E-state index in [1.54, 1.807) is 24.3 Å². The molecule has 0 fully saturated rings. The molecule has 0 bridgehead atoms. The third-order valence-corrected chi connectivity index (χ3v) is 3.27. The van der Waals surface area contributed by atoms with E-state index in [4.69, 9.17) is 0 Å². The van der Waals surface area contributed by atoms with Gasteiger partial charge in [-0.25, -0.2) is 0 Å². The van der Waals surface area contributed by atoms with Gasteiger partial charge in [-0.3, -0.25) is 0 Å². The molecular weight excluding hydrogens is 240 g/mol. The fourth-order valence-corrected chi connectivity index (χ4v) is 2.22. The first kappa shape index (κ1) is 13.6. The quantitative estimate of drug-likeness (QED) is 0.770. The lowest BCUT2D eigenvalue weighted by atomic mass is 9.84. The average molecular weight is 258 g/mol. The molecule has 3 heteroatoms. The highest BCUT2D eigenvalue weighted by molar-refractivity contribution is 5.32. The van der Waals surface area contributed by atoms with Gasteiger partial charge in [0.25, 0.3) is 0 Å². The predicted octanol–water partition coefficient (Wildman–Crippen LogP) is 2.20. The molecule has 3 N–H and O–H groups in total. The lowest BCUT2D eigenvalue weighted by Crippen LogP contribution is -2.29. The molecule has 1 atom stereocenters. The first-order valence-corrected chi connectivity index (χ1v) is 6.31. The highest BCUT2D eigenvalue weighted by Gasteiger charge is 2.28. The van der Waals surface area contributed by atoms with Crippen molar-refractivity contribution in [3.05, 3.63) is 65.7 Å². The molecule has 0 spiro atoms. The molecule has 0 aliphatic heterocycles. The number of aliphatic hydroxyl groups excluding tert-OH is 1. The van der Waals surface area contributed by atoms with Crippen molar-refractivity contribution in [1.82, 2.24) is 0 Å². The van der Waals surface area contributed by atoms with E-state index < -0.39 is 5.60 Å². The summed E-state index contributed by atoms with van der Waals surface area (Å²) in [7, 11) is 0. The Bertz CT molecular complexity index is 507. The van der Waals surface area contributed by atoms with Crippen LogP contribution in [0, 0.1) is 0 Å². The van der Waals surface area contributed by atoms with E-state index in [9.17, 15) is 15.3 Å². The average Bonchev–Trinajstić information content (AvgIpc) is 2.40. The van der Waals surface area contributed by atoms with Gasteiger partial charge in [0.2, 0.25) is 0 Å². The van der Waals surface area contributed by atoms with Gasteiger partial charge >= 0.3 is 0 Å². The van der Waals surface area contributed by atoms with Crippen molar-refractivity contribution in [2.24, 2.45) is 0 Å². The van der Waals surface area contributed by atoms with Crippen LogP contribution >= 0.6 is 0 Å². The summed E-state index contributed by atoms with van der Waals surface area (Å²) >= 11 is 0. The Morgan fingerprint density at radius 2 is 1.53 bits per heavy atom. The molecule has 0 radical (unpaired) electrons. The fourth-order valence-electron chi connectivity index (χ4n) is 2.22. The SMILES string of the molecule is OCCC(O)(Cc1ccccc1)c1ccc(O)cc1. The Balaban J connectivity index is 2.29. The summed E-state index contributed by atoms with van der Waals surface area (Å²) < 4.78 is 0. The molecule has 1 unspecified atom stereocenters. The number of rotatable bonds is 5. The van der Waals surface area contributed by atoms with Crippen LogP contribution in [0.25, 0.3) is 0 Å². The second-order valence-corrected chi connectivity index (χ2v) is 4.71. The van der Waals surface area contributed by atoms with Crippen LogP contribution in [0.15, 0.2) is 54.6 Å². The van der Waals surface area contributed by atoms with Crippen LogP contribution in [0.4, 0.5) is 0 Å². The van der Waals surface area contributed by atoms with Gasteiger partial charge in [-0.2, -0.15) is 0 Å². The molecule has 2 rings (SSSR count). The molecular formula is C16H18O3. The molecule has 0 aliphatic carbocycles. The third-order valence-electron chi connectivity index (χ3n) is 3.27. The van der Waals surface area contributed by atoms with Gasteiger partial charge in [-0.15, -0.1) is 0 Å². The Morgan fingerprint density at radius 1 is 0.895 bits per heavy atom. The summed E-state index contributed by atoms with van der Waals surface area (Å²) in [5.41, 5.74) is 0.582. The summed E-state index contributed by atoms with van der Waals surface area (Å²) in [6.07, 6.45) is 0.686. The monoisotopic (exact) mass is 258 g/mol. The number of aliphatic hydroxyl groups is 2. The summed E-state index contributed by atoms with van der Waals surface area (Å²) in [5, 5.41) is 29.3. The molecule has 0 heterocycles. The van der Waals surface area contributed by atoms with Crippen molar-refractivity contribution in [1.29, 1.82) is 0 Å². The Morgan fingerprint density at radius 3 is 2.11 bits per heavy atom. The lowest BCUT2D eigenvalue weighted by Gasteiger charge is -2.28. The number of phenols is 1. The first-order valence-electron chi connectivity index (χ1n) is 6.31. The standard InChI is InChI=1S/C16H18O3/c17-11-10-16(19,12-13-4-2-1-3-5-13)14-6-8-15(18)9-7-14/h1-9,17-19H,10-12H2. The van der Waals surface area contributed by atoms with Crippen LogP contribution < -0.4 is 0 Å². The van der Waals surface area contributed by atoms with Gasteiger partial charge in [-0.1, -0.05) is 42.5 Å². The fraction of sp³-hybridized carbons (Fsp3) is 0.250. The van der Waals surface area contributed by atoms with Gasteiger partial charge in [0.1, 0.15) is 5.75 Å². The summed E-state index contributed by atoms with van der Waals surface area (Å²) in [6.45, 7) is -0.0930. The van der Waals surface area contributed by atoms with Gasteiger partial charge in [0.15, 0.2) is 0 Å². The Kier molecular flexibility index (Phi) is 4.20. The second-order valence-electron chi connectivity index (χ2n) is 4.71. The van der Waals surface area contributed by atoms with Crippen LogP contribution in [0.3, 0.4) is 0 Å². The summed E-state index contributed by atoms with van der Waals surface area (Å²) in [6, 6.07) is 16.1. The topological polar surface area (TPSA) is 60.7 Å².